The summed E-state index contributed by atoms with van der Waals surface area (Å²) in [5, 5.41) is 8.27. The van der Waals surface area contributed by atoms with Crippen molar-refractivity contribution in [3.63, 3.8) is 0 Å². The second-order valence-electron chi connectivity index (χ2n) is 2.53. The van der Waals surface area contributed by atoms with Gasteiger partial charge in [-0.25, -0.2) is 0 Å². The van der Waals surface area contributed by atoms with Crippen molar-refractivity contribution in [1.29, 1.82) is 5.26 Å². The van der Waals surface area contributed by atoms with Crippen LogP contribution in [0.4, 0.5) is 0 Å². The van der Waals surface area contributed by atoms with E-state index in [1.165, 1.54) is 0 Å². The van der Waals surface area contributed by atoms with E-state index in [9.17, 15) is 0 Å². The molecule has 0 unspecified atom stereocenters. The van der Waals surface area contributed by atoms with Crippen LogP contribution in [0.1, 0.15) is 17.7 Å². The van der Waals surface area contributed by atoms with Crippen LogP contribution in [0.5, 0.6) is 0 Å². The predicted molar refractivity (Wildman–Crippen MR) is 48.2 cm³/mol. The molecule has 0 atom stereocenters. The normalized spacial score (nSPS) is 10.0. The molecule has 0 saturated heterocycles. The van der Waals surface area contributed by atoms with E-state index in [2.05, 4.69) is 4.98 Å². The van der Waals surface area contributed by atoms with Gasteiger partial charge < -0.3 is 0 Å². The fourth-order valence-corrected chi connectivity index (χ4v) is 0.810. The molecule has 0 aliphatic heterocycles. The Morgan fingerprint density at radius 3 is 3.00 bits per heavy atom. The lowest BCUT2D eigenvalue weighted by Crippen LogP contribution is -1.80. The summed E-state index contributed by atoms with van der Waals surface area (Å²) in [5.41, 5.74) is 2.04. The first kappa shape index (κ1) is 8.48. The van der Waals surface area contributed by atoms with E-state index < -0.39 is 0 Å². The lowest BCUT2D eigenvalue weighted by atomic mass is 10.2. The molecule has 0 aliphatic rings. The molecule has 12 heavy (non-hydrogen) atoms. The van der Waals surface area contributed by atoms with Crippen LogP contribution in [-0.4, -0.2) is 4.98 Å². The minimum Gasteiger partial charge on any atom is -0.257 e. The first-order valence-electron chi connectivity index (χ1n) is 3.79. The van der Waals surface area contributed by atoms with Gasteiger partial charge >= 0.3 is 0 Å². The number of hydrogen-bond donors (Lipinski definition) is 0. The molecule has 0 spiro atoms. The lowest BCUT2D eigenvalue weighted by molar-refractivity contribution is 1.24. The lowest BCUT2D eigenvalue weighted by Gasteiger charge is -1.92. The molecule has 0 radical (unpaired) electrons. The van der Waals surface area contributed by atoms with E-state index in [-0.39, 0.29) is 0 Å². The Bertz CT molecular complexity index is 304. The van der Waals surface area contributed by atoms with Gasteiger partial charge in [0.25, 0.3) is 0 Å². The molecule has 60 valence electrons. The summed E-state index contributed by atoms with van der Waals surface area (Å²) in [4.78, 5) is 4.15. The van der Waals surface area contributed by atoms with Crippen LogP contribution in [0.2, 0.25) is 0 Å². The maximum absolute atomic E-state index is 8.27. The summed E-state index contributed by atoms with van der Waals surface area (Å²) in [7, 11) is 0. The van der Waals surface area contributed by atoms with E-state index in [0.717, 1.165) is 11.3 Å². The van der Waals surface area contributed by atoms with Crippen molar-refractivity contribution < 1.29 is 0 Å². The summed E-state index contributed by atoms with van der Waals surface area (Å²) in [6, 6.07) is 5.97. The molecule has 0 aromatic carbocycles. The highest BCUT2D eigenvalue weighted by atomic mass is 14.7. The molecule has 0 amide bonds. The van der Waals surface area contributed by atoms with Crippen LogP contribution >= 0.6 is 0 Å². The van der Waals surface area contributed by atoms with Gasteiger partial charge in [-0.15, -0.1) is 0 Å². The second kappa shape index (κ2) is 4.30. The van der Waals surface area contributed by atoms with Crippen molar-refractivity contribution in [2.75, 3.05) is 0 Å². The molecule has 1 heterocycles. The zero-order valence-corrected chi connectivity index (χ0v) is 6.99. The van der Waals surface area contributed by atoms with Gasteiger partial charge in [0, 0.05) is 6.20 Å². The molecule has 1 rings (SSSR count). The number of aryl methyl sites for hydroxylation is 1. The van der Waals surface area contributed by atoms with Gasteiger partial charge in [-0.3, -0.25) is 4.98 Å². The number of aromatic nitrogens is 1. The molecular formula is C10H10N2. The Morgan fingerprint density at radius 1 is 1.58 bits per heavy atom. The average molecular weight is 158 g/mol. The molecule has 1 aromatic heterocycles. The van der Waals surface area contributed by atoms with Gasteiger partial charge in [0.2, 0.25) is 0 Å². The summed E-state index contributed by atoms with van der Waals surface area (Å²) >= 11 is 0. The third-order valence-electron chi connectivity index (χ3n) is 1.43. The SMILES string of the molecule is Cc1ccc(C=CCC#N)nc1. The van der Waals surface area contributed by atoms with E-state index in [4.69, 9.17) is 5.26 Å². The van der Waals surface area contributed by atoms with Crippen molar-refractivity contribution in [2.45, 2.75) is 13.3 Å². The Kier molecular flexibility index (Phi) is 3.04. The molecule has 1 aromatic rings. The second-order valence-corrected chi connectivity index (χ2v) is 2.53. The summed E-state index contributed by atoms with van der Waals surface area (Å²) in [6.07, 6.45) is 5.90. The standard InChI is InChI=1S/C10H10N2/c1-9-5-6-10(12-8-9)4-2-3-7-11/h2,4-6,8H,3H2,1H3. The molecule has 2 heteroatoms. The number of nitriles is 1. The molecule has 0 fully saturated rings. The predicted octanol–water partition coefficient (Wildman–Crippen LogP) is 2.32. The van der Waals surface area contributed by atoms with E-state index in [1.54, 1.807) is 6.08 Å². The average Bonchev–Trinajstić information content (AvgIpc) is 2.09. The van der Waals surface area contributed by atoms with Crippen LogP contribution in [0.15, 0.2) is 24.4 Å². The summed E-state index contributed by atoms with van der Waals surface area (Å²) in [5.74, 6) is 0. The molecular weight excluding hydrogens is 148 g/mol. The van der Waals surface area contributed by atoms with Crippen molar-refractivity contribution >= 4 is 6.08 Å². The number of rotatable bonds is 2. The zero-order valence-electron chi connectivity index (χ0n) is 6.99. The molecule has 0 bridgehead atoms. The third kappa shape index (κ3) is 2.55. The van der Waals surface area contributed by atoms with Crippen LogP contribution < -0.4 is 0 Å². The van der Waals surface area contributed by atoms with Gasteiger partial charge in [-0.1, -0.05) is 12.1 Å². The van der Waals surface area contributed by atoms with Gasteiger partial charge in [0.1, 0.15) is 0 Å². The monoisotopic (exact) mass is 158 g/mol. The quantitative estimate of drug-likeness (QED) is 0.662. The highest BCUT2D eigenvalue weighted by molar-refractivity contribution is 5.44. The summed E-state index contributed by atoms with van der Waals surface area (Å²) in [6.45, 7) is 2.00. The van der Waals surface area contributed by atoms with Crippen LogP contribution in [0.25, 0.3) is 6.08 Å². The fraction of sp³-hybridized carbons (Fsp3) is 0.200. The number of nitrogens with zero attached hydrogens (tertiary/aromatic N) is 2. The van der Waals surface area contributed by atoms with E-state index >= 15 is 0 Å². The van der Waals surface area contributed by atoms with E-state index in [1.807, 2.05) is 37.4 Å². The minimum atomic E-state index is 0.440. The molecule has 2 nitrogen and oxygen atoms in total. The largest absolute Gasteiger partial charge is 0.257 e. The Morgan fingerprint density at radius 2 is 2.42 bits per heavy atom. The van der Waals surface area contributed by atoms with Crippen LogP contribution in [0, 0.1) is 18.3 Å². The van der Waals surface area contributed by atoms with Crippen molar-refractivity contribution in [3.8, 4) is 6.07 Å². The highest BCUT2D eigenvalue weighted by Gasteiger charge is 1.86. The molecule has 0 aliphatic carbocycles. The molecule has 0 N–H and O–H groups in total. The van der Waals surface area contributed by atoms with Crippen molar-refractivity contribution in [3.05, 3.63) is 35.7 Å². The Labute approximate surface area is 72.2 Å². The number of allylic oxidation sites excluding steroid dienone is 1. The zero-order chi connectivity index (χ0) is 8.81. The van der Waals surface area contributed by atoms with Gasteiger partial charge in [-0.2, -0.15) is 5.26 Å². The first-order chi connectivity index (χ1) is 5.83. The van der Waals surface area contributed by atoms with Gasteiger partial charge in [-0.05, 0) is 24.6 Å². The van der Waals surface area contributed by atoms with Crippen LogP contribution in [0.3, 0.4) is 0 Å². The highest BCUT2D eigenvalue weighted by Crippen LogP contribution is 2.00. The van der Waals surface area contributed by atoms with Gasteiger partial charge in [0.15, 0.2) is 0 Å². The van der Waals surface area contributed by atoms with Crippen molar-refractivity contribution in [1.82, 2.24) is 4.98 Å². The first-order valence-corrected chi connectivity index (χ1v) is 3.79. The van der Waals surface area contributed by atoms with Gasteiger partial charge in [0.05, 0.1) is 18.2 Å². The number of pyridine rings is 1. The third-order valence-corrected chi connectivity index (χ3v) is 1.43. The smallest absolute Gasteiger partial charge is 0.0663 e. The minimum absolute atomic E-state index is 0.440. The Hall–Kier alpha value is -1.62. The topological polar surface area (TPSA) is 36.7 Å². The van der Waals surface area contributed by atoms with Crippen LogP contribution in [-0.2, 0) is 0 Å². The Balaban J connectivity index is 2.66. The molecule has 0 saturated carbocycles. The fourth-order valence-electron chi connectivity index (χ4n) is 0.810. The van der Waals surface area contributed by atoms with E-state index in [0.29, 0.717) is 6.42 Å². The number of hydrogen-bond acceptors (Lipinski definition) is 2. The van der Waals surface area contributed by atoms with Crippen molar-refractivity contribution in [2.24, 2.45) is 0 Å². The summed E-state index contributed by atoms with van der Waals surface area (Å²) < 4.78 is 0. The maximum atomic E-state index is 8.27. The maximum Gasteiger partial charge on any atom is 0.0663 e.